The van der Waals surface area contributed by atoms with Gasteiger partial charge in [-0.05, 0) is 40.8 Å². The first-order valence-corrected chi connectivity index (χ1v) is 11.3. The SMILES string of the molecule is CC(C)(C)c1ccc(C=NNc2ccc(S(=O)(=O)Nc3ccccc3)cc2[N+](=O)[O-])cc1. The Balaban J connectivity index is 1.79. The maximum Gasteiger partial charge on any atom is 0.295 e. The van der Waals surface area contributed by atoms with E-state index in [0.717, 1.165) is 11.6 Å². The number of hydrogen-bond acceptors (Lipinski definition) is 6. The van der Waals surface area contributed by atoms with Gasteiger partial charge in [0, 0.05) is 11.8 Å². The first kappa shape index (κ1) is 23.0. The van der Waals surface area contributed by atoms with Gasteiger partial charge in [-0.15, -0.1) is 0 Å². The van der Waals surface area contributed by atoms with E-state index in [0.29, 0.717) is 5.69 Å². The molecule has 0 fully saturated rings. The van der Waals surface area contributed by atoms with E-state index in [9.17, 15) is 18.5 Å². The molecule has 0 atom stereocenters. The molecule has 0 aliphatic rings. The summed E-state index contributed by atoms with van der Waals surface area (Å²) in [5.74, 6) is 0. The minimum atomic E-state index is -3.99. The highest BCUT2D eigenvalue weighted by molar-refractivity contribution is 7.92. The Bertz CT molecular complexity index is 1230. The molecule has 3 rings (SSSR count). The van der Waals surface area contributed by atoms with Crippen LogP contribution in [0.15, 0.2) is 82.8 Å². The fourth-order valence-electron chi connectivity index (χ4n) is 2.89. The van der Waals surface area contributed by atoms with Gasteiger partial charge < -0.3 is 0 Å². The predicted octanol–water partition coefficient (Wildman–Crippen LogP) is 5.14. The lowest BCUT2D eigenvalue weighted by Gasteiger charge is -2.18. The average Bonchev–Trinajstić information content (AvgIpc) is 2.74. The van der Waals surface area contributed by atoms with Crippen LogP contribution in [0.4, 0.5) is 17.1 Å². The summed E-state index contributed by atoms with van der Waals surface area (Å²) in [6.45, 7) is 6.36. The summed E-state index contributed by atoms with van der Waals surface area (Å²) in [6, 6.07) is 19.7. The number of benzene rings is 3. The molecule has 0 spiro atoms. The van der Waals surface area contributed by atoms with Gasteiger partial charge in [-0.25, -0.2) is 8.42 Å². The molecule has 0 aromatic heterocycles. The lowest BCUT2D eigenvalue weighted by molar-refractivity contribution is -0.384. The molecule has 0 saturated carbocycles. The largest absolute Gasteiger partial charge is 0.295 e. The zero-order chi connectivity index (χ0) is 23.4. The molecule has 0 bridgehead atoms. The quantitative estimate of drug-likeness (QED) is 0.293. The van der Waals surface area contributed by atoms with Crippen LogP contribution in [-0.4, -0.2) is 19.6 Å². The number of nitrogens with zero attached hydrogens (tertiary/aromatic N) is 2. The van der Waals surface area contributed by atoms with Crippen molar-refractivity contribution in [2.75, 3.05) is 10.1 Å². The molecular formula is C23H24N4O4S. The van der Waals surface area contributed by atoms with Crippen LogP contribution in [0.5, 0.6) is 0 Å². The summed E-state index contributed by atoms with van der Waals surface area (Å²) in [7, 11) is -3.99. The number of nitrogens with one attached hydrogen (secondary N) is 2. The molecule has 9 heteroatoms. The van der Waals surface area contributed by atoms with Gasteiger partial charge in [0.1, 0.15) is 5.69 Å². The molecule has 0 aliphatic heterocycles. The van der Waals surface area contributed by atoms with Crippen LogP contribution in [0.1, 0.15) is 31.9 Å². The van der Waals surface area contributed by atoms with Gasteiger partial charge in [0.05, 0.1) is 16.0 Å². The van der Waals surface area contributed by atoms with Crippen LogP contribution in [0.2, 0.25) is 0 Å². The molecule has 2 N–H and O–H groups in total. The minimum absolute atomic E-state index is 0.0337. The van der Waals surface area contributed by atoms with Crippen molar-refractivity contribution in [3.63, 3.8) is 0 Å². The topological polar surface area (TPSA) is 114 Å². The summed E-state index contributed by atoms with van der Waals surface area (Å²) in [6.07, 6.45) is 1.54. The van der Waals surface area contributed by atoms with E-state index in [1.165, 1.54) is 23.9 Å². The first-order valence-electron chi connectivity index (χ1n) is 9.82. The number of para-hydroxylation sites is 1. The first-order chi connectivity index (χ1) is 15.1. The Morgan fingerprint density at radius 1 is 0.969 bits per heavy atom. The lowest BCUT2D eigenvalue weighted by Crippen LogP contribution is -2.13. The van der Waals surface area contributed by atoms with Crippen molar-refractivity contribution in [3.05, 3.63) is 94.0 Å². The van der Waals surface area contributed by atoms with Crippen LogP contribution >= 0.6 is 0 Å². The van der Waals surface area contributed by atoms with Gasteiger partial charge in [0.25, 0.3) is 15.7 Å². The van der Waals surface area contributed by atoms with Crippen molar-refractivity contribution in [1.29, 1.82) is 0 Å². The lowest BCUT2D eigenvalue weighted by atomic mass is 9.87. The van der Waals surface area contributed by atoms with E-state index in [4.69, 9.17) is 0 Å². The van der Waals surface area contributed by atoms with Crippen molar-refractivity contribution in [1.82, 2.24) is 0 Å². The van der Waals surface area contributed by atoms with Crippen LogP contribution in [0.3, 0.4) is 0 Å². The van der Waals surface area contributed by atoms with Crippen LogP contribution in [0, 0.1) is 10.1 Å². The maximum absolute atomic E-state index is 12.6. The van der Waals surface area contributed by atoms with Gasteiger partial charge in [0.2, 0.25) is 0 Å². The molecule has 3 aromatic rings. The second kappa shape index (κ2) is 9.19. The molecule has 0 radical (unpaired) electrons. The number of anilines is 2. The van der Waals surface area contributed by atoms with Gasteiger partial charge in [0.15, 0.2) is 0 Å². The van der Waals surface area contributed by atoms with E-state index in [-0.39, 0.29) is 16.0 Å². The van der Waals surface area contributed by atoms with Gasteiger partial charge in [-0.2, -0.15) is 5.10 Å². The van der Waals surface area contributed by atoms with Crippen molar-refractivity contribution in [2.24, 2.45) is 5.10 Å². The Kier molecular flexibility index (Phi) is 6.59. The Labute approximate surface area is 187 Å². The highest BCUT2D eigenvalue weighted by Gasteiger charge is 2.21. The maximum atomic E-state index is 12.6. The number of nitro benzene ring substituents is 1. The Hall–Kier alpha value is -3.72. The molecule has 0 aliphatic carbocycles. The molecule has 0 saturated heterocycles. The zero-order valence-electron chi connectivity index (χ0n) is 17.9. The van der Waals surface area contributed by atoms with E-state index in [1.54, 1.807) is 30.3 Å². The van der Waals surface area contributed by atoms with Crippen LogP contribution < -0.4 is 10.1 Å². The Morgan fingerprint density at radius 3 is 2.22 bits per heavy atom. The fourth-order valence-corrected chi connectivity index (χ4v) is 3.97. The molecule has 3 aromatic carbocycles. The number of rotatable bonds is 7. The van der Waals surface area contributed by atoms with Crippen molar-refractivity contribution >= 4 is 33.3 Å². The summed E-state index contributed by atoms with van der Waals surface area (Å²) in [4.78, 5) is 10.6. The molecule has 0 amide bonds. The second-order valence-electron chi connectivity index (χ2n) is 8.15. The van der Waals surface area contributed by atoms with Crippen molar-refractivity contribution in [2.45, 2.75) is 31.1 Å². The smallest absolute Gasteiger partial charge is 0.280 e. The van der Waals surface area contributed by atoms with E-state index < -0.39 is 20.6 Å². The minimum Gasteiger partial charge on any atom is -0.280 e. The summed E-state index contributed by atoms with van der Waals surface area (Å²) < 4.78 is 27.6. The van der Waals surface area contributed by atoms with Crippen LogP contribution in [0.25, 0.3) is 0 Å². The summed E-state index contributed by atoms with van der Waals surface area (Å²) >= 11 is 0. The van der Waals surface area contributed by atoms with E-state index in [1.807, 2.05) is 24.3 Å². The summed E-state index contributed by atoms with van der Waals surface area (Å²) in [5.41, 5.74) is 4.70. The number of sulfonamides is 1. The molecule has 166 valence electrons. The standard InChI is InChI=1S/C23H24N4O4S/c1-23(2,3)18-11-9-17(10-12-18)16-24-25-21-14-13-20(15-22(21)27(28)29)32(30,31)26-19-7-5-4-6-8-19/h4-16,25-26H,1-3H3. The van der Waals surface area contributed by atoms with E-state index in [2.05, 4.69) is 36.0 Å². The molecule has 0 heterocycles. The molecule has 8 nitrogen and oxygen atoms in total. The number of hydrazone groups is 1. The zero-order valence-corrected chi connectivity index (χ0v) is 18.8. The third kappa shape index (κ3) is 5.70. The third-order valence-corrected chi connectivity index (χ3v) is 6.06. The average molecular weight is 453 g/mol. The number of nitro groups is 1. The van der Waals surface area contributed by atoms with Crippen molar-refractivity contribution < 1.29 is 13.3 Å². The third-order valence-electron chi connectivity index (χ3n) is 4.68. The highest BCUT2D eigenvalue weighted by Crippen LogP contribution is 2.28. The Morgan fingerprint density at radius 2 is 1.62 bits per heavy atom. The monoisotopic (exact) mass is 452 g/mol. The molecule has 0 unspecified atom stereocenters. The van der Waals surface area contributed by atoms with E-state index >= 15 is 0 Å². The highest BCUT2D eigenvalue weighted by atomic mass is 32.2. The predicted molar refractivity (Wildman–Crippen MR) is 127 cm³/mol. The van der Waals surface area contributed by atoms with Crippen molar-refractivity contribution in [3.8, 4) is 0 Å². The van der Waals surface area contributed by atoms with Gasteiger partial charge >= 0.3 is 0 Å². The van der Waals surface area contributed by atoms with Crippen LogP contribution in [-0.2, 0) is 15.4 Å². The second-order valence-corrected chi connectivity index (χ2v) is 9.83. The summed E-state index contributed by atoms with van der Waals surface area (Å²) in [5, 5.41) is 15.6. The van der Waals surface area contributed by atoms with Gasteiger partial charge in [-0.1, -0.05) is 63.2 Å². The normalized spacial score (nSPS) is 12.0. The van der Waals surface area contributed by atoms with Gasteiger partial charge in [-0.3, -0.25) is 20.3 Å². The molecule has 32 heavy (non-hydrogen) atoms. The molecular weight excluding hydrogens is 428 g/mol. The number of hydrogen-bond donors (Lipinski definition) is 2. The fraction of sp³-hybridized carbons (Fsp3) is 0.174.